The SMILES string of the molecule is CC[N+](CCOCCOCCOCCOC)=c1ccc2c(C(C)(C)C)cc(/C=C/C=C3/N(CCCCCC(=O)ON4C(=O)CCC4=O)c4ccc(S(=O)(=O)O)cc4C3(C)C)oc-2c1. The summed E-state index contributed by atoms with van der Waals surface area (Å²) in [5.41, 5.74) is 3.79. The molecule has 3 heterocycles. The minimum absolute atomic E-state index is 0.0352. The highest BCUT2D eigenvalue weighted by molar-refractivity contribution is 7.85. The molecule has 0 radical (unpaired) electrons. The Morgan fingerprint density at radius 2 is 1.57 bits per heavy atom. The number of likely N-dealkylation sites (N-methyl/N-ethyl adjacent to an activating group) is 1. The third-order valence-electron chi connectivity index (χ3n) is 11.1. The molecular formula is C47H64N3O12S+. The maximum atomic E-state index is 12.4. The summed E-state index contributed by atoms with van der Waals surface area (Å²) in [4.78, 5) is 43.0. The molecule has 63 heavy (non-hydrogen) atoms. The minimum Gasteiger partial charge on any atom is -0.456 e. The fraction of sp³-hybridized carbons (Fsp3) is 0.532. The number of carbonyl (C=O) groups is 3. The van der Waals surface area contributed by atoms with Crippen molar-refractivity contribution >= 4 is 39.7 Å². The number of imide groups is 1. The summed E-state index contributed by atoms with van der Waals surface area (Å²) in [6, 6.07) is 13.0. The summed E-state index contributed by atoms with van der Waals surface area (Å²) in [7, 11) is -2.80. The van der Waals surface area contributed by atoms with Crippen molar-refractivity contribution in [2.75, 3.05) is 77.9 Å². The Balaban J connectivity index is 1.33. The number of amides is 2. The number of hydroxylamine groups is 2. The van der Waals surface area contributed by atoms with Crippen LogP contribution >= 0.6 is 0 Å². The summed E-state index contributed by atoms with van der Waals surface area (Å²) in [6.45, 7) is 18.3. The van der Waals surface area contributed by atoms with Crippen molar-refractivity contribution in [3.8, 4) is 11.3 Å². The Hall–Kier alpha value is -4.71. The zero-order valence-electron chi connectivity index (χ0n) is 37.8. The number of hydrogen-bond acceptors (Lipinski definition) is 12. The first-order valence-corrected chi connectivity index (χ1v) is 23.1. The van der Waals surface area contributed by atoms with Crippen LogP contribution in [0.4, 0.5) is 5.69 Å². The summed E-state index contributed by atoms with van der Waals surface area (Å²) < 4.78 is 65.0. The first-order valence-electron chi connectivity index (χ1n) is 21.7. The molecule has 0 atom stereocenters. The van der Waals surface area contributed by atoms with Crippen molar-refractivity contribution < 1.29 is 55.6 Å². The Morgan fingerprint density at radius 3 is 2.21 bits per heavy atom. The second-order valence-electron chi connectivity index (χ2n) is 17.1. The van der Waals surface area contributed by atoms with Crippen molar-refractivity contribution in [2.45, 2.75) is 95.8 Å². The molecule has 1 N–H and O–H groups in total. The number of nitrogens with zero attached hydrogens (tertiary/aromatic N) is 3. The van der Waals surface area contributed by atoms with E-state index in [1.165, 1.54) is 12.1 Å². The molecule has 4 aliphatic rings. The van der Waals surface area contributed by atoms with E-state index in [1.807, 2.05) is 32.1 Å². The standard InChI is InChI=1S/C47H63N3O12S/c1-8-48(23-24-58-27-28-60-30-29-59-26-25-57-7)34-16-18-37-38(46(2,3)4)32-35(61-41(37)31-34)13-12-14-42-47(5,6)39-33-36(63(54,55)56)17-19-40(39)49(42)22-11-9-10-15-45(53)62-50-43(51)20-21-44(50)52/h12-14,16-19,31-33H,8-11,15,20-30H2,1-7H3/p+1. The van der Waals surface area contributed by atoms with Crippen LogP contribution in [0.5, 0.6) is 0 Å². The molecule has 0 unspecified atom stereocenters. The molecule has 0 saturated carbocycles. The molecule has 1 saturated heterocycles. The third kappa shape index (κ3) is 13.2. The second-order valence-corrected chi connectivity index (χ2v) is 18.5. The van der Waals surface area contributed by atoms with Crippen molar-refractivity contribution in [3.63, 3.8) is 0 Å². The van der Waals surface area contributed by atoms with Crippen LogP contribution < -0.4 is 14.8 Å². The van der Waals surface area contributed by atoms with Gasteiger partial charge in [-0.3, -0.25) is 14.1 Å². The lowest BCUT2D eigenvalue weighted by Crippen LogP contribution is -2.33. The van der Waals surface area contributed by atoms with Gasteiger partial charge in [0.05, 0.1) is 50.6 Å². The van der Waals surface area contributed by atoms with Crippen LogP contribution in [0.15, 0.2) is 69.6 Å². The van der Waals surface area contributed by atoms with E-state index in [2.05, 4.69) is 61.4 Å². The molecule has 0 spiro atoms. The summed E-state index contributed by atoms with van der Waals surface area (Å²) in [6.07, 6.45) is 7.78. The van der Waals surface area contributed by atoms with Crippen molar-refractivity contribution in [2.24, 2.45) is 0 Å². The number of anilines is 1. The Kier molecular flexibility index (Phi) is 17.4. The largest absolute Gasteiger partial charge is 0.456 e. The predicted octanol–water partition coefficient (Wildman–Crippen LogP) is 6.28. The van der Waals surface area contributed by atoms with E-state index < -0.39 is 33.3 Å². The van der Waals surface area contributed by atoms with E-state index in [0.717, 1.165) is 45.7 Å². The molecule has 15 nitrogen and oxygen atoms in total. The van der Waals surface area contributed by atoms with Crippen LogP contribution in [-0.4, -0.2) is 109 Å². The molecule has 5 rings (SSSR count). The van der Waals surface area contributed by atoms with Gasteiger partial charge in [-0.15, -0.1) is 5.06 Å². The van der Waals surface area contributed by atoms with Crippen molar-refractivity contribution in [3.05, 3.63) is 82.6 Å². The fourth-order valence-corrected chi connectivity index (χ4v) is 8.24. The van der Waals surface area contributed by atoms with Crippen LogP contribution in [0.3, 0.4) is 0 Å². The van der Waals surface area contributed by atoms with E-state index in [-0.39, 0.29) is 29.6 Å². The highest BCUT2D eigenvalue weighted by Gasteiger charge is 2.40. The Morgan fingerprint density at radius 1 is 0.905 bits per heavy atom. The maximum absolute atomic E-state index is 12.4. The van der Waals surface area contributed by atoms with Gasteiger partial charge in [-0.1, -0.05) is 47.1 Å². The van der Waals surface area contributed by atoms with E-state index in [0.29, 0.717) is 89.4 Å². The quantitative estimate of drug-likeness (QED) is 0.0488. The molecule has 344 valence electrons. The zero-order valence-corrected chi connectivity index (χ0v) is 38.6. The van der Waals surface area contributed by atoms with Gasteiger partial charge >= 0.3 is 5.97 Å². The third-order valence-corrected chi connectivity index (χ3v) is 12.0. The van der Waals surface area contributed by atoms with Crippen LogP contribution in [0, 0.1) is 0 Å². The smallest absolute Gasteiger partial charge is 0.333 e. The van der Waals surface area contributed by atoms with Crippen LogP contribution in [0.2, 0.25) is 0 Å². The van der Waals surface area contributed by atoms with Gasteiger partial charge in [-0.2, -0.15) is 8.42 Å². The van der Waals surface area contributed by atoms with Crippen LogP contribution in [-0.2, 0) is 59.1 Å². The van der Waals surface area contributed by atoms with Gasteiger partial charge < -0.3 is 33.1 Å². The molecule has 1 aromatic carbocycles. The fourth-order valence-electron chi connectivity index (χ4n) is 7.73. The minimum atomic E-state index is -4.44. The summed E-state index contributed by atoms with van der Waals surface area (Å²) in [5, 5.41) is 1.58. The van der Waals surface area contributed by atoms with E-state index in [1.54, 1.807) is 13.2 Å². The van der Waals surface area contributed by atoms with Gasteiger partial charge in [-0.25, -0.2) is 9.37 Å². The second kappa shape index (κ2) is 22.3. The maximum Gasteiger partial charge on any atom is 0.333 e. The summed E-state index contributed by atoms with van der Waals surface area (Å²) in [5.74, 6) is -0.253. The highest BCUT2D eigenvalue weighted by Crippen LogP contribution is 2.48. The molecule has 0 aromatic heterocycles. The predicted molar refractivity (Wildman–Crippen MR) is 238 cm³/mol. The number of rotatable bonds is 23. The summed E-state index contributed by atoms with van der Waals surface area (Å²) >= 11 is 0. The molecule has 3 aliphatic heterocycles. The van der Waals surface area contributed by atoms with Gasteiger partial charge in [0, 0.05) is 61.3 Å². The number of carbonyl (C=O) groups excluding carboxylic acids is 3. The normalized spacial score (nSPS) is 16.5. The number of allylic oxidation sites excluding steroid dienone is 3. The van der Waals surface area contributed by atoms with Crippen molar-refractivity contribution in [1.82, 2.24) is 9.64 Å². The Labute approximate surface area is 371 Å². The molecule has 16 heteroatoms. The van der Waals surface area contributed by atoms with Crippen LogP contribution in [0.25, 0.3) is 17.4 Å². The molecule has 0 bridgehead atoms. The van der Waals surface area contributed by atoms with E-state index in [4.69, 9.17) is 28.2 Å². The van der Waals surface area contributed by atoms with Crippen LogP contribution in [0.1, 0.15) is 97.0 Å². The zero-order chi connectivity index (χ0) is 45.8. The van der Waals surface area contributed by atoms with Gasteiger partial charge in [-0.05, 0) is 78.8 Å². The topological polar surface area (TPSA) is 174 Å². The van der Waals surface area contributed by atoms with Gasteiger partial charge in [0.1, 0.15) is 24.7 Å². The molecule has 1 aliphatic carbocycles. The van der Waals surface area contributed by atoms with Gasteiger partial charge in [0.25, 0.3) is 21.9 Å². The first kappa shape index (κ1) is 49.3. The van der Waals surface area contributed by atoms with Crippen molar-refractivity contribution in [1.29, 1.82) is 0 Å². The number of ether oxygens (including phenoxy) is 4. The number of benzene rings is 2. The number of unbranched alkanes of at least 4 members (excludes halogenated alkanes) is 2. The Bertz CT molecular complexity index is 2270. The molecule has 1 fully saturated rings. The van der Waals surface area contributed by atoms with E-state index in [9.17, 15) is 27.4 Å². The highest BCUT2D eigenvalue weighted by atomic mass is 32.2. The van der Waals surface area contributed by atoms with E-state index >= 15 is 0 Å². The monoisotopic (exact) mass is 894 g/mol. The average Bonchev–Trinajstić information content (AvgIpc) is 3.65. The lowest BCUT2D eigenvalue weighted by atomic mass is 9.82. The molecular weight excluding hydrogens is 831 g/mol. The number of fused-ring (bicyclic) bond motifs is 2. The molecule has 2 amide bonds. The van der Waals surface area contributed by atoms with Gasteiger partial charge in [0.2, 0.25) is 5.36 Å². The average molecular weight is 895 g/mol. The first-order chi connectivity index (χ1) is 29.9. The number of hydrogen-bond donors (Lipinski definition) is 1. The molecule has 1 aromatic rings. The van der Waals surface area contributed by atoms with Gasteiger partial charge in [0.15, 0.2) is 6.54 Å². The lowest BCUT2D eigenvalue weighted by molar-refractivity contribution is -0.197. The lowest BCUT2D eigenvalue weighted by Gasteiger charge is -2.27. The number of methoxy groups -OCH3 is 1.